The Morgan fingerprint density at radius 1 is 1.20 bits per heavy atom. The van der Waals surface area contributed by atoms with Gasteiger partial charge in [-0.25, -0.2) is 4.72 Å². The molecule has 1 saturated carbocycles. The van der Waals surface area contributed by atoms with Crippen molar-refractivity contribution >= 4 is 10.2 Å². The molecule has 2 aliphatic rings. The van der Waals surface area contributed by atoms with E-state index in [9.17, 15) is 8.42 Å². The summed E-state index contributed by atoms with van der Waals surface area (Å²) < 4.78 is 29.7. The second kappa shape index (κ2) is 6.73. The highest BCUT2D eigenvalue weighted by Crippen LogP contribution is 2.37. The summed E-state index contributed by atoms with van der Waals surface area (Å²) in [6.45, 7) is 4.17. The number of hydrogen-bond donors (Lipinski definition) is 2. The van der Waals surface area contributed by atoms with Gasteiger partial charge in [0.2, 0.25) is 0 Å². The molecule has 1 aliphatic carbocycles. The largest absolute Gasteiger partial charge is 0.318 e. The highest BCUT2D eigenvalue weighted by molar-refractivity contribution is 7.87. The normalized spacial score (nSPS) is 27.8. The first-order chi connectivity index (χ1) is 9.47. The molecule has 0 aromatic carbocycles. The predicted molar refractivity (Wildman–Crippen MR) is 81.8 cm³/mol. The quantitative estimate of drug-likeness (QED) is 0.781. The molecule has 5 nitrogen and oxygen atoms in total. The SMILES string of the molecule is CNCC1CCCCN1S(=O)(=O)NCC1(C)CCCC1. The zero-order valence-corrected chi connectivity index (χ0v) is 13.6. The average molecular weight is 303 g/mol. The Labute approximate surface area is 123 Å². The minimum absolute atomic E-state index is 0.0997. The van der Waals surface area contributed by atoms with Crippen LogP contribution >= 0.6 is 0 Å². The summed E-state index contributed by atoms with van der Waals surface area (Å²) in [5.41, 5.74) is 0.154. The van der Waals surface area contributed by atoms with E-state index < -0.39 is 10.2 Å². The van der Waals surface area contributed by atoms with Gasteiger partial charge in [-0.15, -0.1) is 0 Å². The van der Waals surface area contributed by atoms with Crippen molar-refractivity contribution in [3.8, 4) is 0 Å². The molecule has 0 spiro atoms. The van der Waals surface area contributed by atoms with Gasteiger partial charge in [0, 0.05) is 25.7 Å². The summed E-state index contributed by atoms with van der Waals surface area (Å²) in [6.07, 6.45) is 7.77. The van der Waals surface area contributed by atoms with E-state index in [-0.39, 0.29) is 11.5 Å². The van der Waals surface area contributed by atoms with Crippen LogP contribution in [0.1, 0.15) is 51.9 Å². The summed E-state index contributed by atoms with van der Waals surface area (Å²) in [6, 6.07) is 0.0997. The Morgan fingerprint density at radius 2 is 1.90 bits per heavy atom. The number of nitrogens with one attached hydrogen (secondary N) is 2. The fourth-order valence-corrected chi connectivity index (χ4v) is 5.12. The topological polar surface area (TPSA) is 61.4 Å². The van der Waals surface area contributed by atoms with Gasteiger partial charge in [0.05, 0.1) is 0 Å². The molecule has 0 aromatic rings. The molecule has 20 heavy (non-hydrogen) atoms. The first-order valence-electron chi connectivity index (χ1n) is 7.88. The third-order valence-electron chi connectivity index (χ3n) is 4.81. The van der Waals surface area contributed by atoms with Crippen molar-refractivity contribution in [3.63, 3.8) is 0 Å². The maximum Gasteiger partial charge on any atom is 0.279 e. The fraction of sp³-hybridized carbons (Fsp3) is 1.00. The number of likely N-dealkylation sites (N-methyl/N-ethyl adjacent to an activating group) is 1. The molecule has 0 radical (unpaired) electrons. The van der Waals surface area contributed by atoms with Crippen LogP contribution in [0.4, 0.5) is 0 Å². The molecule has 1 aliphatic heterocycles. The predicted octanol–water partition coefficient (Wildman–Crippen LogP) is 1.47. The Kier molecular flexibility index (Phi) is 5.45. The van der Waals surface area contributed by atoms with Crippen LogP contribution in [0.2, 0.25) is 0 Å². The van der Waals surface area contributed by atoms with Crippen LogP contribution in [0.25, 0.3) is 0 Å². The molecule has 1 heterocycles. The lowest BCUT2D eigenvalue weighted by molar-refractivity contribution is 0.242. The molecular formula is C14H29N3O2S. The molecule has 2 rings (SSSR count). The summed E-state index contributed by atoms with van der Waals surface area (Å²) in [7, 11) is -1.46. The highest BCUT2D eigenvalue weighted by Gasteiger charge is 2.35. The van der Waals surface area contributed by atoms with E-state index in [1.807, 2.05) is 7.05 Å². The third kappa shape index (κ3) is 3.93. The second-order valence-electron chi connectivity index (χ2n) is 6.66. The van der Waals surface area contributed by atoms with Crippen molar-refractivity contribution < 1.29 is 8.42 Å². The number of hydrogen-bond acceptors (Lipinski definition) is 3. The van der Waals surface area contributed by atoms with Gasteiger partial charge in [0.1, 0.15) is 0 Å². The number of nitrogens with zero attached hydrogens (tertiary/aromatic N) is 1. The maximum absolute atomic E-state index is 12.6. The van der Waals surface area contributed by atoms with Gasteiger partial charge in [-0.3, -0.25) is 0 Å². The van der Waals surface area contributed by atoms with Crippen LogP contribution in [0, 0.1) is 5.41 Å². The van der Waals surface area contributed by atoms with Gasteiger partial charge in [0.25, 0.3) is 10.2 Å². The van der Waals surface area contributed by atoms with Crippen molar-refractivity contribution in [2.45, 2.75) is 57.9 Å². The van der Waals surface area contributed by atoms with Crippen molar-refractivity contribution in [1.82, 2.24) is 14.3 Å². The van der Waals surface area contributed by atoms with Crippen molar-refractivity contribution in [2.75, 3.05) is 26.7 Å². The van der Waals surface area contributed by atoms with Crippen LogP contribution in [-0.4, -0.2) is 45.4 Å². The minimum Gasteiger partial charge on any atom is -0.318 e. The van der Waals surface area contributed by atoms with E-state index in [1.165, 1.54) is 12.8 Å². The van der Waals surface area contributed by atoms with E-state index in [2.05, 4.69) is 17.0 Å². The van der Waals surface area contributed by atoms with E-state index in [4.69, 9.17) is 0 Å². The molecule has 2 N–H and O–H groups in total. The summed E-state index contributed by atoms with van der Waals surface area (Å²) >= 11 is 0. The lowest BCUT2D eigenvalue weighted by Crippen LogP contribution is -2.53. The molecule has 0 bridgehead atoms. The molecule has 0 aromatic heterocycles. The molecule has 1 unspecified atom stereocenters. The molecule has 118 valence electrons. The van der Waals surface area contributed by atoms with E-state index in [0.717, 1.165) is 38.6 Å². The Hall–Kier alpha value is -0.170. The van der Waals surface area contributed by atoms with Gasteiger partial charge in [-0.05, 0) is 38.1 Å². The molecule has 2 fully saturated rings. The standard InChI is InChI=1S/C14H29N3O2S/c1-14(8-4-5-9-14)12-16-20(18,19)17-10-6-3-7-13(17)11-15-2/h13,15-16H,3-12H2,1-2H3. The molecule has 0 amide bonds. The van der Waals surface area contributed by atoms with E-state index in [1.54, 1.807) is 4.31 Å². The van der Waals surface area contributed by atoms with Crippen molar-refractivity contribution in [3.05, 3.63) is 0 Å². The zero-order chi connectivity index (χ0) is 14.6. The van der Waals surface area contributed by atoms with Gasteiger partial charge in [-0.2, -0.15) is 12.7 Å². The summed E-state index contributed by atoms with van der Waals surface area (Å²) in [5, 5.41) is 3.11. The minimum atomic E-state index is -3.34. The number of piperidine rings is 1. The molecule has 1 atom stereocenters. The second-order valence-corrected chi connectivity index (χ2v) is 8.37. The monoisotopic (exact) mass is 303 g/mol. The Bertz CT molecular complexity index is 403. The lowest BCUT2D eigenvalue weighted by Gasteiger charge is -2.35. The fourth-order valence-electron chi connectivity index (χ4n) is 3.48. The smallest absolute Gasteiger partial charge is 0.279 e. The van der Waals surface area contributed by atoms with Crippen LogP contribution in [0.5, 0.6) is 0 Å². The average Bonchev–Trinajstić information content (AvgIpc) is 2.85. The Morgan fingerprint density at radius 3 is 2.55 bits per heavy atom. The third-order valence-corrected chi connectivity index (χ3v) is 6.42. The summed E-state index contributed by atoms with van der Waals surface area (Å²) in [5.74, 6) is 0. The lowest BCUT2D eigenvalue weighted by atomic mass is 9.89. The van der Waals surface area contributed by atoms with E-state index >= 15 is 0 Å². The maximum atomic E-state index is 12.6. The van der Waals surface area contributed by atoms with Gasteiger partial charge in [-0.1, -0.05) is 26.2 Å². The van der Waals surface area contributed by atoms with E-state index in [0.29, 0.717) is 13.1 Å². The number of rotatable bonds is 6. The Balaban J connectivity index is 1.97. The van der Waals surface area contributed by atoms with Crippen LogP contribution in [0.15, 0.2) is 0 Å². The van der Waals surface area contributed by atoms with Gasteiger partial charge < -0.3 is 5.32 Å². The first-order valence-corrected chi connectivity index (χ1v) is 9.32. The molecule has 1 saturated heterocycles. The molecule has 6 heteroatoms. The summed E-state index contributed by atoms with van der Waals surface area (Å²) in [4.78, 5) is 0. The van der Waals surface area contributed by atoms with Crippen LogP contribution in [-0.2, 0) is 10.2 Å². The van der Waals surface area contributed by atoms with Crippen molar-refractivity contribution in [1.29, 1.82) is 0 Å². The van der Waals surface area contributed by atoms with Crippen LogP contribution < -0.4 is 10.0 Å². The zero-order valence-electron chi connectivity index (χ0n) is 12.8. The first kappa shape index (κ1) is 16.2. The molecular weight excluding hydrogens is 274 g/mol. The highest BCUT2D eigenvalue weighted by atomic mass is 32.2. The van der Waals surface area contributed by atoms with Crippen LogP contribution in [0.3, 0.4) is 0 Å². The van der Waals surface area contributed by atoms with Gasteiger partial charge in [0.15, 0.2) is 0 Å². The van der Waals surface area contributed by atoms with Crippen molar-refractivity contribution in [2.24, 2.45) is 5.41 Å². The van der Waals surface area contributed by atoms with Gasteiger partial charge >= 0.3 is 0 Å².